The van der Waals surface area contributed by atoms with Crippen molar-refractivity contribution in [2.24, 2.45) is 0 Å². The van der Waals surface area contributed by atoms with E-state index in [9.17, 15) is 10.1 Å². The Hall–Kier alpha value is -1.78. The van der Waals surface area contributed by atoms with Gasteiger partial charge in [-0.1, -0.05) is 0 Å². The van der Waals surface area contributed by atoms with Crippen LogP contribution < -0.4 is 9.47 Å². The Labute approximate surface area is 80.4 Å². The lowest BCUT2D eigenvalue weighted by Gasteiger charge is -2.03. The van der Waals surface area contributed by atoms with Gasteiger partial charge in [0.1, 0.15) is 0 Å². The molecule has 14 heavy (non-hydrogen) atoms. The summed E-state index contributed by atoms with van der Waals surface area (Å²) in [6.07, 6.45) is 0. The number of methoxy groups -OCH3 is 2. The molecule has 0 unspecified atom stereocenters. The third-order valence-corrected chi connectivity index (χ3v) is 2.31. The molecule has 1 aliphatic rings. The number of nitro groups is 1. The van der Waals surface area contributed by atoms with E-state index in [2.05, 4.69) is 0 Å². The van der Waals surface area contributed by atoms with Crippen LogP contribution >= 0.6 is 0 Å². The molecule has 1 aromatic rings. The molecule has 0 heterocycles. The summed E-state index contributed by atoms with van der Waals surface area (Å²) in [5, 5.41) is 10.5. The van der Waals surface area contributed by atoms with Gasteiger partial charge >= 0.3 is 0 Å². The van der Waals surface area contributed by atoms with Crippen molar-refractivity contribution < 1.29 is 14.4 Å². The molecule has 0 fully saturated rings. The maximum atomic E-state index is 10.5. The average Bonchev–Trinajstić information content (AvgIpc) is 2.88. The highest BCUT2D eigenvalue weighted by molar-refractivity contribution is 5.59. The molecular weight excluding hydrogens is 186 g/mol. The van der Waals surface area contributed by atoms with Gasteiger partial charge < -0.3 is 9.47 Å². The molecule has 0 saturated heterocycles. The smallest absolute Gasteiger partial charge is 0.264 e. The third kappa shape index (κ3) is 1.09. The van der Waals surface area contributed by atoms with E-state index in [0.717, 1.165) is 0 Å². The number of nitrogens with zero attached hydrogens (tertiary/aromatic N) is 1. The first-order valence-electron chi connectivity index (χ1n) is 4.08. The molecule has 0 spiro atoms. The largest absolute Gasteiger partial charge is 0.493 e. The molecule has 0 radical (unpaired) electrons. The van der Waals surface area contributed by atoms with Crippen LogP contribution in [0.5, 0.6) is 11.5 Å². The molecule has 0 aromatic heterocycles. The Bertz CT molecular complexity index is 371. The predicted octanol–water partition coefficient (Wildman–Crippen LogP) is 1.38. The van der Waals surface area contributed by atoms with Crippen LogP contribution in [0.25, 0.3) is 0 Å². The second kappa shape index (κ2) is 2.87. The second-order valence-electron chi connectivity index (χ2n) is 3.02. The van der Waals surface area contributed by atoms with E-state index in [1.54, 1.807) is 12.1 Å². The Kier molecular flexibility index (Phi) is 1.80. The molecular formula is C9H9NO4. The summed E-state index contributed by atoms with van der Waals surface area (Å²) in [4.78, 5) is 10.2. The normalized spacial score (nSPS) is 13.3. The van der Waals surface area contributed by atoms with Crippen LogP contribution in [0.3, 0.4) is 0 Å². The Morgan fingerprint density at radius 3 is 1.93 bits per heavy atom. The minimum Gasteiger partial charge on any atom is -0.493 e. The fraction of sp³-hybridized carbons (Fsp3) is 0.333. The number of hydrogen-bond acceptors (Lipinski definition) is 4. The highest BCUT2D eigenvalue weighted by atomic mass is 16.6. The predicted molar refractivity (Wildman–Crippen MR) is 48.4 cm³/mol. The molecule has 2 rings (SSSR count). The van der Waals surface area contributed by atoms with Gasteiger partial charge in [-0.3, -0.25) is 10.1 Å². The highest BCUT2D eigenvalue weighted by Crippen LogP contribution is 2.49. The zero-order valence-electron chi connectivity index (χ0n) is 7.81. The number of hydrogen-bond donors (Lipinski definition) is 0. The summed E-state index contributed by atoms with van der Waals surface area (Å²) in [5.74, 6) is 1.08. The van der Waals surface area contributed by atoms with Crippen molar-refractivity contribution >= 4 is 0 Å². The fourth-order valence-corrected chi connectivity index (χ4v) is 1.54. The van der Waals surface area contributed by atoms with Crippen molar-refractivity contribution in [2.45, 2.75) is 6.04 Å². The maximum absolute atomic E-state index is 10.5. The van der Waals surface area contributed by atoms with E-state index in [4.69, 9.17) is 9.47 Å². The van der Waals surface area contributed by atoms with Gasteiger partial charge in [0, 0.05) is 16.1 Å². The summed E-state index contributed by atoms with van der Waals surface area (Å²) in [6.45, 7) is 0. The second-order valence-corrected chi connectivity index (χ2v) is 3.02. The fourth-order valence-electron chi connectivity index (χ4n) is 1.54. The molecule has 5 heteroatoms. The molecule has 5 nitrogen and oxygen atoms in total. The first kappa shape index (κ1) is 8.80. The number of ether oxygens (including phenoxy) is 2. The van der Waals surface area contributed by atoms with E-state index >= 15 is 0 Å². The Morgan fingerprint density at radius 1 is 1.21 bits per heavy atom. The van der Waals surface area contributed by atoms with Gasteiger partial charge in [-0.15, -0.1) is 0 Å². The van der Waals surface area contributed by atoms with E-state index in [0.29, 0.717) is 22.6 Å². The molecule has 74 valence electrons. The third-order valence-electron chi connectivity index (χ3n) is 2.31. The van der Waals surface area contributed by atoms with E-state index < -0.39 is 6.04 Å². The van der Waals surface area contributed by atoms with Crippen LogP contribution in [-0.2, 0) is 0 Å². The van der Waals surface area contributed by atoms with Gasteiger partial charge in [0.2, 0.25) is 0 Å². The van der Waals surface area contributed by atoms with Crippen molar-refractivity contribution in [1.29, 1.82) is 0 Å². The highest BCUT2D eigenvalue weighted by Gasteiger charge is 2.45. The van der Waals surface area contributed by atoms with Crippen molar-refractivity contribution in [2.75, 3.05) is 14.2 Å². The summed E-state index contributed by atoms with van der Waals surface area (Å²) < 4.78 is 10.1. The zero-order valence-corrected chi connectivity index (χ0v) is 7.81. The maximum Gasteiger partial charge on any atom is 0.264 e. The molecule has 0 saturated carbocycles. The van der Waals surface area contributed by atoms with Crippen molar-refractivity contribution in [1.82, 2.24) is 0 Å². The van der Waals surface area contributed by atoms with Gasteiger partial charge in [0.25, 0.3) is 6.04 Å². The molecule has 0 N–H and O–H groups in total. The SMILES string of the molecule is COc1cc2c(cc1OC)C2[N+](=O)[O-]. The topological polar surface area (TPSA) is 61.6 Å². The van der Waals surface area contributed by atoms with Crippen LogP contribution in [-0.4, -0.2) is 19.1 Å². The molecule has 0 amide bonds. The first-order valence-corrected chi connectivity index (χ1v) is 4.08. The molecule has 0 atom stereocenters. The summed E-state index contributed by atoms with van der Waals surface area (Å²) in [6, 6.07) is 2.65. The lowest BCUT2D eigenvalue weighted by molar-refractivity contribution is -0.503. The molecule has 0 aliphatic heterocycles. The van der Waals surface area contributed by atoms with Gasteiger partial charge in [-0.2, -0.15) is 0 Å². The number of benzene rings is 1. The average molecular weight is 195 g/mol. The van der Waals surface area contributed by atoms with Crippen molar-refractivity contribution in [3.8, 4) is 11.5 Å². The molecule has 1 aliphatic carbocycles. The van der Waals surface area contributed by atoms with Crippen LogP contribution in [0, 0.1) is 10.1 Å². The quantitative estimate of drug-likeness (QED) is 0.540. The summed E-state index contributed by atoms with van der Waals surface area (Å²) in [5.41, 5.74) is 1.43. The molecule has 1 aromatic carbocycles. The molecule has 0 bridgehead atoms. The van der Waals surface area contributed by atoms with E-state index in [1.807, 2.05) is 0 Å². The van der Waals surface area contributed by atoms with Crippen LogP contribution in [0.1, 0.15) is 17.2 Å². The van der Waals surface area contributed by atoms with Gasteiger partial charge in [0.15, 0.2) is 11.5 Å². The zero-order chi connectivity index (χ0) is 10.3. The first-order chi connectivity index (χ1) is 6.69. The van der Waals surface area contributed by atoms with E-state index in [1.165, 1.54) is 14.2 Å². The van der Waals surface area contributed by atoms with Crippen LogP contribution in [0.2, 0.25) is 0 Å². The lowest BCUT2D eigenvalue weighted by Crippen LogP contribution is -1.92. The van der Waals surface area contributed by atoms with Crippen molar-refractivity contribution in [3.05, 3.63) is 33.4 Å². The lowest BCUT2D eigenvalue weighted by atomic mass is 10.3. The number of fused-ring (bicyclic) bond motifs is 1. The van der Waals surface area contributed by atoms with Gasteiger partial charge in [0.05, 0.1) is 14.2 Å². The minimum atomic E-state index is -0.659. The van der Waals surface area contributed by atoms with Crippen molar-refractivity contribution in [3.63, 3.8) is 0 Å². The number of rotatable bonds is 3. The standard InChI is InChI=1S/C9H9NO4/c1-13-7-3-5-6(4-8(7)14-2)9(5)10(11)12/h3-4,9H,1-2H3. The van der Waals surface area contributed by atoms with Crippen LogP contribution in [0.4, 0.5) is 0 Å². The van der Waals surface area contributed by atoms with E-state index in [-0.39, 0.29) is 4.92 Å². The monoisotopic (exact) mass is 195 g/mol. The Balaban J connectivity index is 2.39. The van der Waals surface area contributed by atoms with Gasteiger partial charge in [-0.25, -0.2) is 0 Å². The summed E-state index contributed by atoms with van der Waals surface area (Å²) in [7, 11) is 3.02. The summed E-state index contributed by atoms with van der Waals surface area (Å²) >= 11 is 0. The minimum absolute atomic E-state index is 0.316. The van der Waals surface area contributed by atoms with Gasteiger partial charge in [-0.05, 0) is 12.1 Å². The van der Waals surface area contributed by atoms with Crippen LogP contribution in [0.15, 0.2) is 12.1 Å². The Morgan fingerprint density at radius 2 is 1.64 bits per heavy atom.